The lowest BCUT2D eigenvalue weighted by molar-refractivity contribution is -0.124. The Balaban J connectivity index is 1.31. The molecule has 1 unspecified atom stereocenters. The zero-order valence-corrected chi connectivity index (χ0v) is 16.0. The molecule has 3 heterocycles. The molecule has 1 atom stereocenters. The van der Waals surface area contributed by atoms with Gasteiger partial charge < -0.3 is 24.6 Å². The fraction of sp³-hybridized carbons (Fsp3) is 0.450. The van der Waals surface area contributed by atoms with Crippen molar-refractivity contribution in [3.8, 4) is 5.75 Å². The highest BCUT2D eigenvalue weighted by Gasteiger charge is 2.24. The first-order valence-electron chi connectivity index (χ1n) is 9.63. The Hall–Kier alpha value is -2.87. The van der Waals surface area contributed by atoms with Crippen LogP contribution in [-0.4, -0.2) is 62.1 Å². The molecule has 0 aliphatic carbocycles. The quantitative estimate of drug-likeness (QED) is 0.845. The van der Waals surface area contributed by atoms with Gasteiger partial charge in [-0.1, -0.05) is 0 Å². The third-order valence-corrected chi connectivity index (χ3v) is 5.17. The number of rotatable bonds is 5. The van der Waals surface area contributed by atoms with E-state index in [1.54, 1.807) is 13.2 Å². The molecule has 4 rings (SSSR count). The topological polar surface area (TPSA) is 79.8 Å². The van der Waals surface area contributed by atoms with E-state index >= 15 is 0 Å². The van der Waals surface area contributed by atoms with Crippen molar-refractivity contribution in [3.63, 3.8) is 0 Å². The molecule has 28 heavy (non-hydrogen) atoms. The molecule has 8 nitrogen and oxygen atoms in total. The number of piperazine rings is 1. The standard InChI is InChI=1S/C20H25N5O3/c1-27-16-6-4-15(5-7-16)24-10-12-25(13-11-24)19-9-8-18(22-23-19)21-20(26)17-3-2-14-28-17/h4-9,17H,2-3,10-14H2,1H3,(H,21,22,26). The van der Waals surface area contributed by atoms with Gasteiger partial charge in [0.1, 0.15) is 11.9 Å². The summed E-state index contributed by atoms with van der Waals surface area (Å²) in [7, 11) is 1.67. The number of benzene rings is 1. The molecule has 0 bridgehead atoms. The van der Waals surface area contributed by atoms with Crippen molar-refractivity contribution in [2.24, 2.45) is 0 Å². The van der Waals surface area contributed by atoms with E-state index in [0.717, 1.165) is 50.6 Å². The number of ether oxygens (including phenoxy) is 2. The van der Waals surface area contributed by atoms with Crippen LogP contribution in [0.25, 0.3) is 0 Å². The van der Waals surface area contributed by atoms with Crippen LogP contribution in [0.5, 0.6) is 5.75 Å². The van der Waals surface area contributed by atoms with Crippen molar-refractivity contribution in [1.29, 1.82) is 0 Å². The van der Waals surface area contributed by atoms with E-state index in [0.29, 0.717) is 12.4 Å². The normalized spacial score (nSPS) is 19.5. The first-order valence-corrected chi connectivity index (χ1v) is 9.63. The third-order valence-electron chi connectivity index (χ3n) is 5.17. The minimum absolute atomic E-state index is 0.146. The summed E-state index contributed by atoms with van der Waals surface area (Å²) in [5.41, 5.74) is 1.19. The van der Waals surface area contributed by atoms with Gasteiger partial charge in [0.05, 0.1) is 7.11 Å². The van der Waals surface area contributed by atoms with E-state index in [-0.39, 0.29) is 12.0 Å². The van der Waals surface area contributed by atoms with Crippen molar-refractivity contribution in [3.05, 3.63) is 36.4 Å². The van der Waals surface area contributed by atoms with Crippen LogP contribution in [0, 0.1) is 0 Å². The van der Waals surface area contributed by atoms with E-state index in [4.69, 9.17) is 9.47 Å². The summed E-state index contributed by atoms with van der Waals surface area (Å²) in [4.78, 5) is 16.6. The van der Waals surface area contributed by atoms with Gasteiger partial charge in [0.25, 0.3) is 5.91 Å². The molecule has 8 heteroatoms. The summed E-state index contributed by atoms with van der Waals surface area (Å²) in [5.74, 6) is 2.00. The second kappa shape index (κ2) is 8.43. The van der Waals surface area contributed by atoms with Gasteiger partial charge in [-0.25, -0.2) is 0 Å². The smallest absolute Gasteiger partial charge is 0.254 e. The summed E-state index contributed by atoms with van der Waals surface area (Å²) >= 11 is 0. The minimum atomic E-state index is -0.368. The van der Waals surface area contributed by atoms with Crippen molar-refractivity contribution in [2.75, 3.05) is 55.0 Å². The van der Waals surface area contributed by atoms with Crippen molar-refractivity contribution >= 4 is 23.2 Å². The largest absolute Gasteiger partial charge is 0.497 e. The molecule has 148 valence electrons. The zero-order chi connectivity index (χ0) is 19.3. The number of aromatic nitrogens is 2. The second-order valence-corrected chi connectivity index (χ2v) is 6.94. The average Bonchev–Trinajstić information content (AvgIpc) is 3.30. The van der Waals surface area contributed by atoms with Crippen LogP contribution in [0.2, 0.25) is 0 Å². The van der Waals surface area contributed by atoms with Gasteiger partial charge in [-0.2, -0.15) is 0 Å². The van der Waals surface area contributed by atoms with Gasteiger partial charge >= 0.3 is 0 Å². The summed E-state index contributed by atoms with van der Waals surface area (Å²) in [6, 6.07) is 11.8. The summed E-state index contributed by atoms with van der Waals surface area (Å²) < 4.78 is 10.6. The zero-order valence-electron chi connectivity index (χ0n) is 16.0. The third kappa shape index (κ3) is 4.17. The first kappa shape index (κ1) is 18.5. The lowest BCUT2D eigenvalue weighted by Gasteiger charge is -2.36. The van der Waals surface area contributed by atoms with Crippen LogP contribution in [0.15, 0.2) is 36.4 Å². The number of nitrogens with zero attached hydrogens (tertiary/aromatic N) is 4. The van der Waals surface area contributed by atoms with Crippen LogP contribution in [-0.2, 0) is 9.53 Å². The molecule has 2 aromatic rings. The molecule has 0 saturated carbocycles. The molecule has 2 fully saturated rings. The van der Waals surface area contributed by atoms with E-state index in [1.807, 2.05) is 18.2 Å². The maximum atomic E-state index is 12.1. The van der Waals surface area contributed by atoms with E-state index in [1.165, 1.54) is 5.69 Å². The van der Waals surface area contributed by atoms with Crippen LogP contribution >= 0.6 is 0 Å². The fourth-order valence-electron chi connectivity index (χ4n) is 3.54. The Kier molecular flexibility index (Phi) is 5.57. The summed E-state index contributed by atoms with van der Waals surface area (Å²) in [6.07, 6.45) is 1.31. The molecule has 0 radical (unpaired) electrons. The Labute approximate surface area is 164 Å². The molecule has 1 N–H and O–H groups in total. The summed E-state index contributed by atoms with van der Waals surface area (Å²) in [6.45, 7) is 4.19. The van der Waals surface area contributed by atoms with Crippen molar-refractivity contribution in [2.45, 2.75) is 18.9 Å². The predicted molar refractivity (Wildman–Crippen MR) is 107 cm³/mol. The highest BCUT2D eigenvalue weighted by molar-refractivity contribution is 5.93. The number of carbonyl (C=O) groups is 1. The molecule has 2 aliphatic rings. The Morgan fingerprint density at radius 3 is 2.43 bits per heavy atom. The second-order valence-electron chi connectivity index (χ2n) is 6.94. The van der Waals surface area contributed by atoms with Gasteiger partial charge in [0.15, 0.2) is 11.6 Å². The number of carbonyl (C=O) groups excluding carboxylic acids is 1. The average molecular weight is 383 g/mol. The van der Waals surface area contributed by atoms with Crippen molar-refractivity contribution in [1.82, 2.24) is 10.2 Å². The lowest BCUT2D eigenvalue weighted by Crippen LogP contribution is -2.46. The molecule has 0 spiro atoms. The SMILES string of the molecule is COc1ccc(N2CCN(c3ccc(NC(=O)C4CCCO4)nn3)CC2)cc1. The highest BCUT2D eigenvalue weighted by atomic mass is 16.5. The van der Waals surface area contributed by atoms with Crippen LogP contribution in [0.3, 0.4) is 0 Å². The monoisotopic (exact) mass is 383 g/mol. The molecule has 1 aromatic carbocycles. The van der Waals surface area contributed by atoms with Gasteiger partial charge in [-0.15, -0.1) is 10.2 Å². The first-order chi connectivity index (χ1) is 13.7. The maximum absolute atomic E-state index is 12.1. The fourth-order valence-corrected chi connectivity index (χ4v) is 3.54. The molecular weight excluding hydrogens is 358 g/mol. The molecule has 1 aromatic heterocycles. The Morgan fingerprint density at radius 1 is 1.07 bits per heavy atom. The number of methoxy groups -OCH3 is 1. The van der Waals surface area contributed by atoms with Gasteiger partial charge in [-0.3, -0.25) is 4.79 Å². The number of hydrogen-bond donors (Lipinski definition) is 1. The maximum Gasteiger partial charge on any atom is 0.254 e. The van der Waals surface area contributed by atoms with Crippen LogP contribution in [0.1, 0.15) is 12.8 Å². The van der Waals surface area contributed by atoms with Gasteiger partial charge in [-0.05, 0) is 49.2 Å². The predicted octanol–water partition coefficient (Wildman–Crippen LogP) is 1.93. The van der Waals surface area contributed by atoms with Gasteiger partial charge in [0, 0.05) is 38.5 Å². The number of anilines is 3. The minimum Gasteiger partial charge on any atom is -0.497 e. The lowest BCUT2D eigenvalue weighted by atomic mass is 10.2. The number of nitrogens with one attached hydrogen (secondary N) is 1. The molecule has 1 amide bonds. The van der Waals surface area contributed by atoms with Gasteiger partial charge in [0.2, 0.25) is 0 Å². The van der Waals surface area contributed by atoms with Crippen LogP contribution in [0.4, 0.5) is 17.3 Å². The Bertz CT molecular complexity index is 782. The number of amides is 1. The van der Waals surface area contributed by atoms with Crippen molar-refractivity contribution < 1.29 is 14.3 Å². The van der Waals surface area contributed by atoms with Crippen LogP contribution < -0.4 is 19.9 Å². The van der Waals surface area contributed by atoms with E-state index in [2.05, 4.69) is 37.4 Å². The van der Waals surface area contributed by atoms with E-state index in [9.17, 15) is 4.79 Å². The molecule has 2 aliphatic heterocycles. The number of hydrogen-bond acceptors (Lipinski definition) is 7. The van der Waals surface area contributed by atoms with E-state index < -0.39 is 0 Å². The molecular formula is C20H25N5O3. The summed E-state index contributed by atoms with van der Waals surface area (Å²) in [5, 5.41) is 11.2. The molecule has 2 saturated heterocycles. The Morgan fingerprint density at radius 2 is 1.82 bits per heavy atom. The highest BCUT2D eigenvalue weighted by Crippen LogP contribution is 2.22.